The maximum Gasteiger partial charge on any atom is 0.255 e. The van der Waals surface area contributed by atoms with Crippen LogP contribution in [-0.4, -0.2) is 30.1 Å². The maximum absolute atomic E-state index is 12.0. The summed E-state index contributed by atoms with van der Waals surface area (Å²) in [5.41, 5.74) is 5.82. The van der Waals surface area contributed by atoms with Crippen molar-refractivity contribution in [3.63, 3.8) is 0 Å². The van der Waals surface area contributed by atoms with Crippen molar-refractivity contribution in [3.05, 3.63) is 29.8 Å². The van der Waals surface area contributed by atoms with E-state index in [1.165, 1.54) is 7.11 Å². The number of nitrogens with two attached hydrogens (primary N) is 1. The van der Waals surface area contributed by atoms with Crippen LogP contribution in [0.3, 0.4) is 0 Å². The molecule has 4 N–H and O–H groups in total. The van der Waals surface area contributed by atoms with Crippen molar-refractivity contribution < 1.29 is 14.7 Å². The molecule has 1 aromatic rings. The first-order valence-corrected chi connectivity index (χ1v) is 5.48. The van der Waals surface area contributed by atoms with Crippen molar-refractivity contribution >= 4 is 11.7 Å². The summed E-state index contributed by atoms with van der Waals surface area (Å²) in [7, 11) is 1.51. The Balaban J connectivity index is 2.70. The van der Waals surface area contributed by atoms with E-state index < -0.39 is 0 Å². The fraction of sp³-hybridized carbons (Fsp3) is 0.333. The highest BCUT2D eigenvalue weighted by Crippen LogP contribution is 2.17. The van der Waals surface area contributed by atoms with Gasteiger partial charge in [-0.25, -0.2) is 0 Å². The summed E-state index contributed by atoms with van der Waals surface area (Å²) in [4.78, 5) is 12.0. The highest BCUT2D eigenvalue weighted by Gasteiger charge is 2.14. The first kappa shape index (κ1) is 13.8. The number of ether oxygens (including phenoxy) is 1. The third-order valence-corrected chi connectivity index (χ3v) is 2.37. The lowest BCUT2D eigenvalue weighted by molar-refractivity contribution is 0.0938. The summed E-state index contributed by atoms with van der Waals surface area (Å²) in [6, 6.07) is 6.69. The van der Waals surface area contributed by atoms with Crippen LogP contribution in [0.1, 0.15) is 23.7 Å². The molecule has 0 heterocycles. The van der Waals surface area contributed by atoms with Gasteiger partial charge in [-0.15, -0.1) is 0 Å². The van der Waals surface area contributed by atoms with Gasteiger partial charge in [-0.2, -0.15) is 0 Å². The summed E-state index contributed by atoms with van der Waals surface area (Å²) in [6.07, 6.45) is 0.275. The van der Waals surface area contributed by atoms with Gasteiger partial charge in [0.15, 0.2) is 0 Å². The van der Waals surface area contributed by atoms with Crippen LogP contribution < -0.4 is 15.8 Å². The number of nitrogens with zero attached hydrogens (tertiary/aromatic N) is 1. The number of hydrogen-bond acceptors (Lipinski definition) is 4. The number of carbonyl (C=O) groups is 1. The van der Waals surface area contributed by atoms with E-state index in [4.69, 9.17) is 15.7 Å². The molecule has 0 bridgehead atoms. The number of benzene rings is 1. The first-order chi connectivity index (χ1) is 8.58. The predicted octanol–water partition coefficient (Wildman–Crippen LogP) is 0.950. The molecule has 0 fully saturated rings. The molecule has 0 saturated carbocycles. The predicted molar refractivity (Wildman–Crippen MR) is 67.9 cm³/mol. The van der Waals surface area contributed by atoms with Crippen LogP contribution >= 0.6 is 0 Å². The van der Waals surface area contributed by atoms with Gasteiger partial charge in [0.05, 0.1) is 12.7 Å². The lowest BCUT2D eigenvalue weighted by Crippen LogP contribution is -2.35. The molecule has 1 amide bonds. The monoisotopic (exact) mass is 251 g/mol. The molecule has 0 radical (unpaired) electrons. The molecule has 0 aromatic heterocycles. The average Bonchev–Trinajstić information content (AvgIpc) is 2.38. The van der Waals surface area contributed by atoms with E-state index in [9.17, 15) is 4.79 Å². The molecular formula is C12H17N3O3. The van der Waals surface area contributed by atoms with Gasteiger partial charge in [0.25, 0.3) is 5.91 Å². The molecule has 1 aromatic carbocycles. The minimum atomic E-state index is -0.259. The summed E-state index contributed by atoms with van der Waals surface area (Å²) in [5, 5.41) is 14.1. The number of carbonyl (C=O) groups excluding carboxylic acids is 1. The maximum atomic E-state index is 12.0. The Morgan fingerprint density at radius 1 is 1.56 bits per heavy atom. The smallest absolute Gasteiger partial charge is 0.255 e. The van der Waals surface area contributed by atoms with Gasteiger partial charge in [-0.1, -0.05) is 17.3 Å². The number of hydrogen-bond donors (Lipinski definition) is 3. The van der Waals surface area contributed by atoms with Gasteiger partial charge in [0.1, 0.15) is 11.6 Å². The van der Waals surface area contributed by atoms with Crippen LogP contribution in [-0.2, 0) is 0 Å². The van der Waals surface area contributed by atoms with Crippen molar-refractivity contribution in [2.45, 2.75) is 19.4 Å². The molecule has 0 aliphatic carbocycles. The van der Waals surface area contributed by atoms with Crippen LogP contribution in [0.25, 0.3) is 0 Å². The molecule has 0 aliphatic heterocycles. The van der Waals surface area contributed by atoms with Gasteiger partial charge < -0.3 is 21.0 Å². The zero-order chi connectivity index (χ0) is 13.5. The van der Waals surface area contributed by atoms with Crippen molar-refractivity contribution in [3.8, 4) is 5.75 Å². The third-order valence-electron chi connectivity index (χ3n) is 2.37. The number of nitrogens with one attached hydrogen (secondary N) is 1. The zero-order valence-electron chi connectivity index (χ0n) is 10.4. The standard InChI is InChI=1S/C12H17N3O3/c1-8(7-11(13)15-17)14-12(16)9-5-3-4-6-10(9)18-2/h3-6,8,17H,7H2,1-2H3,(H2,13,15)(H,14,16). The van der Waals surface area contributed by atoms with Crippen molar-refractivity contribution in [2.75, 3.05) is 7.11 Å². The summed E-state index contributed by atoms with van der Waals surface area (Å²) < 4.78 is 5.10. The molecule has 98 valence electrons. The summed E-state index contributed by atoms with van der Waals surface area (Å²) in [5.74, 6) is 0.319. The molecule has 0 saturated heterocycles. The number of amidine groups is 1. The second kappa shape index (κ2) is 6.48. The largest absolute Gasteiger partial charge is 0.496 e. The van der Waals surface area contributed by atoms with Gasteiger partial charge in [0, 0.05) is 12.5 Å². The zero-order valence-corrected chi connectivity index (χ0v) is 10.4. The lowest BCUT2D eigenvalue weighted by Gasteiger charge is -2.14. The molecule has 0 spiro atoms. The molecule has 0 aliphatic rings. The number of rotatable bonds is 5. The van der Waals surface area contributed by atoms with E-state index in [1.807, 2.05) is 0 Å². The molecule has 1 rings (SSSR count). The Morgan fingerprint density at radius 2 is 2.22 bits per heavy atom. The number of methoxy groups -OCH3 is 1. The minimum absolute atomic E-state index is 0.0721. The number of amides is 1. The molecule has 6 heteroatoms. The van der Waals surface area contributed by atoms with Gasteiger partial charge in [-0.3, -0.25) is 4.79 Å². The quantitative estimate of drug-likeness (QED) is 0.314. The van der Waals surface area contributed by atoms with E-state index in [-0.39, 0.29) is 24.2 Å². The van der Waals surface area contributed by atoms with E-state index in [2.05, 4.69) is 10.5 Å². The number of para-hydroxylation sites is 1. The molecule has 6 nitrogen and oxygen atoms in total. The molecular weight excluding hydrogens is 234 g/mol. The Kier molecular flexibility index (Phi) is 4.98. The fourth-order valence-corrected chi connectivity index (χ4v) is 1.54. The Morgan fingerprint density at radius 3 is 2.83 bits per heavy atom. The number of oxime groups is 1. The summed E-state index contributed by atoms with van der Waals surface area (Å²) in [6.45, 7) is 1.77. The summed E-state index contributed by atoms with van der Waals surface area (Å²) >= 11 is 0. The SMILES string of the molecule is COc1ccccc1C(=O)NC(C)CC(N)=NO. The second-order valence-corrected chi connectivity index (χ2v) is 3.87. The fourth-order valence-electron chi connectivity index (χ4n) is 1.54. The van der Waals surface area contributed by atoms with Crippen LogP contribution in [0.5, 0.6) is 5.75 Å². The van der Waals surface area contributed by atoms with Crippen molar-refractivity contribution in [1.29, 1.82) is 0 Å². The topological polar surface area (TPSA) is 96.9 Å². The third kappa shape index (κ3) is 3.65. The van der Waals surface area contributed by atoms with Gasteiger partial charge in [0.2, 0.25) is 0 Å². The van der Waals surface area contributed by atoms with Crippen LogP contribution in [0.15, 0.2) is 29.4 Å². The van der Waals surface area contributed by atoms with Crippen LogP contribution in [0.2, 0.25) is 0 Å². The lowest BCUT2D eigenvalue weighted by atomic mass is 10.1. The van der Waals surface area contributed by atoms with Gasteiger partial charge in [-0.05, 0) is 19.1 Å². The minimum Gasteiger partial charge on any atom is -0.496 e. The van der Waals surface area contributed by atoms with E-state index in [0.717, 1.165) is 0 Å². The highest BCUT2D eigenvalue weighted by atomic mass is 16.5. The van der Waals surface area contributed by atoms with Crippen LogP contribution in [0.4, 0.5) is 0 Å². The van der Waals surface area contributed by atoms with E-state index in [1.54, 1.807) is 31.2 Å². The highest BCUT2D eigenvalue weighted by molar-refractivity contribution is 5.97. The Bertz CT molecular complexity index is 446. The molecule has 1 atom stereocenters. The van der Waals surface area contributed by atoms with Crippen molar-refractivity contribution in [1.82, 2.24) is 5.32 Å². The van der Waals surface area contributed by atoms with Crippen molar-refractivity contribution in [2.24, 2.45) is 10.9 Å². The average molecular weight is 251 g/mol. The molecule has 1 unspecified atom stereocenters. The van der Waals surface area contributed by atoms with E-state index in [0.29, 0.717) is 11.3 Å². The second-order valence-electron chi connectivity index (χ2n) is 3.87. The first-order valence-electron chi connectivity index (χ1n) is 5.48. The van der Waals surface area contributed by atoms with E-state index >= 15 is 0 Å². The Labute approximate surface area is 105 Å². The normalized spacial score (nSPS) is 12.9. The Hall–Kier alpha value is -2.24. The van der Waals surface area contributed by atoms with Crippen LogP contribution in [0, 0.1) is 0 Å². The van der Waals surface area contributed by atoms with Gasteiger partial charge >= 0.3 is 0 Å². The molecule has 18 heavy (non-hydrogen) atoms.